The lowest BCUT2D eigenvalue weighted by atomic mass is 10.0. The number of alkyl halides is 5. The van der Waals surface area contributed by atoms with Crippen LogP contribution in [0.5, 0.6) is 0 Å². The van der Waals surface area contributed by atoms with Gasteiger partial charge in [0.1, 0.15) is 11.4 Å². The second kappa shape index (κ2) is 10.0. The van der Waals surface area contributed by atoms with Gasteiger partial charge in [-0.3, -0.25) is 9.59 Å². The molecule has 2 heterocycles. The summed E-state index contributed by atoms with van der Waals surface area (Å²) < 4.78 is 81.6. The fourth-order valence-corrected chi connectivity index (χ4v) is 4.63. The van der Waals surface area contributed by atoms with E-state index in [0.29, 0.717) is 12.1 Å². The number of nitrogens with one attached hydrogen (secondary N) is 2. The van der Waals surface area contributed by atoms with E-state index in [9.17, 15) is 35.9 Å². The molecular weight excluding hydrogens is 502 g/mol. The van der Waals surface area contributed by atoms with Crippen molar-refractivity contribution in [2.24, 2.45) is 0 Å². The molecule has 1 atom stereocenters. The van der Waals surface area contributed by atoms with Gasteiger partial charge in [-0.2, -0.15) is 13.2 Å². The topological polar surface area (TPSA) is 66.4 Å². The number of pyridine rings is 1. The molecule has 0 bridgehead atoms. The predicted molar refractivity (Wildman–Crippen MR) is 125 cm³/mol. The first-order valence-corrected chi connectivity index (χ1v) is 12.0. The minimum atomic E-state index is -4.92. The maximum absolute atomic E-state index is 13.8. The number of likely N-dealkylation sites (tertiary alicyclic amines) is 1. The van der Waals surface area contributed by atoms with Gasteiger partial charge >= 0.3 is 6.18 Å². The van der Waals surface area contributed by atoms with Crippen LogP contribution in [0.4, 0.5) is 32.0 Å². The number of amides is 1. The van der Waals surface area contributed by atoms with Crippen molar-refractivity contribution in [2.45, 2.75) is 62.8 Å². The number of hydrogen-bond donors (Lipinski definition) is 2. The molecule has 2 N–H and O–H groups in total. The van der Waals surface area contributed by atoms with E-state index in [-0.39, 0.29) is 35.7 Å². The number of carbonyl (C=O) groups is 1. The number of piperidine rings is 1. The zero-order valence-corrected chi connectivity index (χ0v) is 20.3. The van der Waals surface area contributed by atoms with E-state index in [0.717, 1.165) is 48.8 Å². The maximum Gasteiger partial charge on any atom is 0.419 e. The van der Waals surface area contributed by atoms with Crippen molar-refractivity contribution in [2.75, 3.05) is 25.5 Å². The molecule has 2 aliphatic rings. The van der Waals surface area contributed by atoms with Crippen molar-refractivity contribution >= 4 is 11.6 Å². The normalized spacial score (nSPS) is 19.1. The summed E-state index contributed by atoms with van der Waals surface area (Å²) in [6.45, 7) is 2.99. The van der Waals surface area contributed by atoms with Gasteiger partial charge in [0.15, 0.2) is 0 Å². The molecule has 2 fully saturated rings. The largest absolute Gasteiger partial charge is 0.419 e. The molecule has 6 nitrogen and oxygen atoms in total. The van der Waals surface area contributed by atoms with Crippen molar-refractivity contribution in [3.05, 3.63) is 63.3 Å². The van der Waals surface area contributed by atoms with Crippen molar-refractivity contribution < 1.29 is 31.1 Å². The fraction of sp³-hybridized carbons (Fsp3) is 0.520. The van der Waals surface area contributed by atoms with E-state index in [4.69, 9.17) is 0 Å². The average molecular weight is 531 g/mol. The Morgan fingerprint density at radius 1 is 1.14 bits per heavy atom. The number of anilines is 1. The van der Waals surface area contributed by atoms with Gasteiger partial charge in [-0.1, -0.05) is 6.07 Å². The average Bonchev–Trinajstić information content (AvgIpc) is 3.62. The van der Waals surface area contributed by atoms with Gasteiger partial charge in [0.2, 0.25) is 0 Å². The summed E-state index contributed by atoms with van der Waals surface area (Å²) in [5.41, 5.74) is -3.71. The van der Waals surface area contributed by atoms with Gasteiger partial charge in [-0.05, 0) is 70.4 Å². The molecule has 1 aliphatic heterocycles. The lowest BCUT2D eigenvalue weighted by Crippen LogP contribution is -2.40. The number of rotatable bonds is 7. The summed E-state index contributed by atoms with van der Waals surface area (Å²) in [4.78, 5) is 28.3. The number of hydrogen-bond acceptors (Lipinski definition) is 4. The molecule has 12 heteroatoms. The third-order valence-corrected chi connectivity index (χ3v) is 7.17. The fourth-order valence-electron chi connectivity index (χ4n) is 4.63. The van der Waals surface area contributed by atoms with Crippen LogP contribution in [-0.4, -0.2) is 48.0 Å². The molecular formula is C25H28F6N4O2. The minimum absolute atomic E-state index is 0.00599. The van der Waals surface area contributed by atoms with Gasteiger partial charge in [0, 0.05) is 18.3 Å². The second-order valence-corrected chi connectivity index (χ2v) is 9.87. The van der Waals surface area contributed by atoms with E-state index in [1.807, 2.05) is 7.05 Å². The highest BCUT2D eigenvalue weighted by Crippen LogP contribution is 2.48. The Kier molecular flexibility index (Phi) is 7.33. The van der Waals surface area contributed by atoms with Gasteiger partial charge < -0.3 is 20.1 Å². The highest BCUT2D eigenvalue weighted by molar-refractivity contribution is 5.99. The molecule has 2 aromatic rings. The Morgan fingerprint density at radius 2 is 1.78 bits per heavy atom. The lowest BCUT2D eigenvalue weighted by Gasteiger charge is -2.31. The van der Waals surface area contributed by atoms with Crippen LogP contribution in [0.3, 0.4) is 0 Å². The second-order valence-electron chi connectivity index (χ2n) is 9.87. The first-order chi connectivity index (χ1) is 17.3. The molecule has 1 saturated heterocycles. The van der Waals surface area contributed by atoms with Crippen molar-refractivity contribution in [1.29, 1.82) is 0 Å². The molecule has 0 unspecified atom stereocenters. The Hall–Kier alpha value is -3.02. The molecule has 37 heavy (non-hydrogen) atoms. The summed E-state index contributed by atoms with van der Waals surface area (Å²) in [6.07, 6.45) is -5.00. The van der Waals surface area contributed by atoms with E-state index in [2.05, 4.69) is 15.5 Å². The number of halogens is 6. The highest BCUT2D eigenvalue weighted by atomic mass is 19.4. The van der Waals surface area contributed by atoms with E-state index >= 15 is 0 Å². The summed E-state index contributed by atoms with van der Waals surface area (Å²) >= 11 is 0. The third kappa shape index (κ3) is 5.63. The van der Waals surface area contributed by atoms with Crippen LogP contribution in [0.25, 0.3) is 0 Å². The quantitative estimate of drug-likeness (QED) is 0.507. The molecule has 202 valence electrons. The summed E-state index contributed by atoms with van der Waals surface area (Å²) in [6, 6.07) is 2.51. The molecule has 4 rings (SSSR count). The SMILES string of the molecule is C[C@H](NC(=O)c1cn(C2(C(F)F)CC2)c(=O)cc1NC1CCN(C)CC1)c1ccc(F)c(C(F)(F)F)c1. The van der Waals surface area contributed by atoms with Crippen LogP contribution in [0, 0.1) is 5.82 Å². The monoisotopic (exact) mass is 530 g/mol. The van der Waals surface area contributed by atoms with Crippen LogP contribution in [0.2, 0.25) is 0 Å². The van der Waals surface area contributed by atoms with E-state index < -0.39 is 47.0 Å². The van der Waals surface area contributed by atoms with Gasteiger partial charge in [0.05, 0.1) is 22.9 Å². The summed E-state index contributed by atoms with van der Waals surface area (Å²) in [5.74, 6) is -2.20. The zero-order chi connectivity index (χ0) is 27.1. The molecule has 0 radical (unpaired) electrons. The van der Waals surface area contributed by atoms with Crippen molar-refractivity contribution in [3.63, 3.8) is 0 Å². The number of carbonyl (C=O) groups excluding carboxylic acids is 1. The van der Waals surface area contributed by atoms with Gasteiger partial charge in [0.25, 0.3) is 17.9 Å². The van der Waals surface area contributed by atoms with Crippen molar-refractivity contribution in [3.8, 4) is 0 Å². The van der Waals surface area contributed by atoms with E-state index in [1.165, 1.54) is 6.92 Å². The lowest BCUT2D eigenvalue weighted by molar-refractivity contribution is -0.140. The molecule has 1 saturated carbocycles. The Morgan fingerprint density at radius 3 is 2.35 bits per heavy atom. The first-order valence-electron chi connectivity index (χ1n) is 12.0. The first kappa shape index (κ1) is 27.0. The Bertz CT molecular complexity index is 1220. The minimum Gasteiger partial charge on any atom is -0.381 e. The molecule has 0 spiro atoms. The third-order valence-electron chi connectivity index (χ3n) is 7.17. The summed E-state index contributed by atoms with van der Waals surface area (Å²) in [5, 5.41) is 5.75. The van der Waals surface area contributed by atoms with Crippen LogP contribution in [-0.2, 0) is 11.7 Å². The zero-order valence-electron chi connectivity index (χ0n) is 20.3. The van der Waals surface area contributed by atoms with E-state index in [1.54, 1.807) is 0 Å². The molecule has 1 aromatic carbocycles. The number of aromatic nitrogens is 1. The highest BCUT2D eigenvalue weighted by Gasteiger charge is 2.53. The summed E-state index contributed by atoms with van der Waals surface area (Å²) in [7, 11) is 1.97. The molecule has 1 aromatic heterocycles. The predicted octanol–water partition coefficient (Wildman–Crippen LogP) is 4.76. The number of nitrogens with zero attached hydrogens (tertiary/aromatic N) is 2. The van der Waals surface area contributed by atoms with Gasteiger partial charge in [-0.25, -0.2) is 13.2 Å². The standard InChI is InChI=1S/C25H28F6N4O2/c1-14(15-3-4-19(26)18(11-15)25(29,30)31)32-22(37)17-13-35(24(7-8-24)23(27)28)21(36)12-20(17)33-16-5-9-34(2)10-6-16/h3-4,11-14,16,23,33H,5-10H2,1-2H3,(H,32,37)/t14-/m0/s1. The van der Waals surface area contributed by atoms with Crippen molar-refractivity contribution in [1.82, 2.24) is 14.8 Å². The molecule has 1 amide bonds. The van der Waals surface area contributed by atoms with Crippen LogP contribution in [0.1, 0.15) is 60.1 Å². The van der Waals surface area contributed by atoms with Crippen LogP contribution < -0.4 is 16.2 Å². The Balaban J connectivity index is 1.65. The van der Waals surface area contributed by atoms with Crippen LogP contribution in [0.15, 0.2) is 35.3 Å². The van der Waals surface area contributed by atoms with Crippen LogP contribution >= 0.6 is 0 Å². The Labute approximate surface area is 209 Å². The smallest absolute Gasteiger partial charge is 0.381 e. The maximum atomic E-state index is 13.8. The number of benzene rings is 1. The molecule has 1 aliphatic carbocycles. The van der Waals surface area contributed by atoms with Gasteiger partial charge in [-0.15, -0.1) is 0 Å².